The predicted molar refractivity (Wildman–Crippen MR) is 306 cm³/mol. The minimum atomic E-state index is -1.49. The van der Waals surface area contributed by atoms with Gasteiger partial charge in [-0.05, 0) is 31.2 Å². The zero-order chi connectivity index (χ0) is 67.1. The fourth-order valence-corrected chi connectivity index (χ4v) is 10.6. The van der Waals surface area contributed by atoms with Gasteiger partial charge in [-0.3, -0.25) is 33.2 Å². The first-order valence-corrected chi connectivity index (χ1v) is 30.3. The first-order chi connectivity index (χ1) is 44.7. The van der Waals surface area contributed by atoms with Gasteiger partial charge in [0, 0.05) is 65.4 Å². The van der Waals surface area contributed by atoms with Crippen molar-refractivity contribution in [1.29, 1.82) is 0 Å². The van der Waals surface area contributed by atoms with Gasteiger partial charge in [-0.15, -0.1) is 15.3 Å². The Labute approximate surface area is 531 Å². The Kier molecular flexibility index (Phi) is 29.7. The van der Waals surface area contributed by atoms with Crippen LogP contribution in [0.15, 0.2) is 23.7 Å². The Hall–Kier alpha value is -6.19. The molecule has 4 fully saturated rings. The number of amides is 4. The van der Waals surface area contributed by atoms with E-state index in [4.69, 9.17) is 57.6 Å². The lowest BCUT2D eigenvalue weighted by atomic mass is 9.96. The maximum Gasteiger partial charge on any atom is 0.217 e. The van der Waals surface area contributed by atoms with Crippen LogP contribution in [0.2, 0.25) is 0 Å². The monoisotopic (exact) mass is 1330 g/mol. The van der Waals surface area contributed by atoms with Crippen molar-refractivity contribution in [2.45, 2.75) is 215 Å². The summed E-state index contributed by atoms with van der Waals surface area (Å²) in [7, 11) is 0. The molecule has 7 heterocycles. The highest BCUT2D eigenvalue weighted by Gasteiger charge is 2.51. The number of rotatable bonds is 37. The second kappa shape index (κ2) is 37.2. The molecule has 3 aromatic heterocycles. The summed E-state index contributed by atoms with van der Waals surface area (Å²) in [6.07, 6.45) is -14.4. The van der Waals surface area contributed by atoms with E-state index in [1.165, 1.54) is 41.7 Å². The van der Waals surface area contributed by atoms with Crippen molar-refractivity contribution < 1.29 is 117 Å². The summed E-state index contributed by atoms with van der Waals surface area (Å²) in [6, 6.07) is -4.46. The molecule has 20 atom stereocenters. The molecule has 0 aliphatic carbocycles. The van der Waals surface area contributed by atoms with Crippen LogP contribution in [0.1, 0.15) is 70.5 Å². The Morgan fingerprint density at radius 2 is 0.817 bits per heavy atom. The lowest BCUT2D eigenvalue weighted by Gasteiger charge is -2.46. The number of nitrogens with zero attached hydrogens (tertiary/aromatic N) is 12. The van der Waals surface area contributed by atoms with Crippen LogP contribution in [0, 0.1) is 0 Å². The summed E-state index contributed by atoms with van der Waals surface area (Å²) in [4.78, 5) is 51.6. The van der Waals surface area contributed by atoms with Crippen LogP contribution in [0.25, 0.3) is 10.4 Å². The van der Waals surface area contributed by atoms with E-state index >= 15 is 0 Å². The third-order valence-corrected chi connectivity index (χ3v) is 15.1. The molecule has 0 spiro atoms. The number of carbonyl (C=O) groups is 4. The van der Waals surface area contributed by atoms with Crippen LogP contribution in [0.5, 0.6) is 0 Å². The zero-order valence-corrected chi connectivity index (χ0v) is 51.7. The summed E-state index contributed by atoms with van der Waals surface area (Å²) in [5.74, 6) is -2.00. The van der Waals surface area contributed by atoms with Gasteiger partial charge in [0.05, 0.1) is 84.7 Å². The number of carbonyl (C=O) groups excluding carboxylic acids is 4. The molecule has 0 saturated carbocycles. The van der Waals surface area contributed by atoms with Crippen molar-refractivity contribution in [3.8, 4) is 0 Å². The van der Waals surface area contributed by atoms with Crippen molar-refractivity contribution >= 4 is 23.6 Å². The maximum atomic E-state index is 13.1. The van der Waals surface area contributed by atoms with E-state index in [0.29, 0.717) is 36.3 Å². The van der Waals surface area contributed by atoms with Crippen LogP contribution in [0.4, 0.5) is 0 Å². The Morgan fingerprint density at radius 1 is 0.484 bits per heavy atom. The molecule has 0 aromatic carbocycles. The van der Waals surface area contributed by atoms with Gasteiger partial charge in [0.2, 0.25) is 23.6 Å². The Morgan fingerprint density at radius 3 is 1.18 bits per heavy atom. The smallest absolute Gasteiger partial charge is 0.217 e. The Bertz CT molecular complexity index is 2820. The van der Waals surface area contributed by atoms with Gasteiger partial charge in [-0.2, -0.15) is 0 Å². The third-order valence-electron chi connectivity index (χ3n) is 15.1. The maximum absolute atomic E-state index is 13.1. The normalized spacial score (nSPS) is 31.3. The number of aliphatic hydroxyl groups excluding tert-OH is 9. The fraction of sp³-hybridized carbons (Fsp3) is 0.811. The second-order valence-corrected chi connectivity index (χ2v) is 22.4. The average Bonchev–Trinajstić information content (AvgIpc) is 1.23. The Balaban J connectivity index is 1.04. The molecule has 0 unspecified atom stereocenters. The quantitative estimate of drug-likeness (QED) is 0.0110. The number of aliphatic hydroxyl groups is 9. The minimum Gasteiger partial charge on any atom is -0.394 e. The molecule has 3 aromatic rings. The summed E-state index contributed by atoms with van der Waals surface area (Å²) < 4.78 is 71.4. The van der Waals surface area contributed by atoms with Crippen molar-refractivity contribution in [3.63, 3.8) is 0 Å². The molecular formula is C53H86N16O24. The number of ether oxygens (including phenoxy) is 11. The standard InChI is InChI=1S/C53H86N16O24/c1-27(73)56-38-45(80)42(77)34(20-70)90-50(38)85-14-6-10-67-17-31(60-64-67)23-83-26-37-48(88-24-32-18-68(65-61-32)11-7-15-86-51-39(57-28(2)74)46(81)43(78)35(21-71)91-51)49(41(59-30(4)76)53(93-37)84-13-5-9-55-63-54)89-25-33-19-69(66-62-33)12-8-16-87-52-40(58-29(3)75)47(82)44(79)36(22-72)92-52/h17-19,34-53,70-72,77-82H,5-16,20-26H2,1-4H3,(H,56,73)(H,57,74)(H,58,75)(H,59,76)/t34-,35-,36-,37-,38-,39-,40-,41-,42+,43+,44+,45-,46-,47-,48-,49-,50+,51+,52+,53-/m1/s1. The lowest BCUT2D eigenvalue weighted by molar-refractivity contribution is -0.290. The summed E-state index contributed by atoms with van der Waals surface area (Å²) in [5, 5.41) is 132. The molecule has 4 aliphatic rings. The molecule has 4 saturated heterocycles. The molecule has 4 aliphatic heterocycles. The van der Waals surface area contributed by atoms with Crippen molar-refractivity contribution in [2.24, 2.45) is 5.11 Å². The molecule has 0 bridgehead atoms. The number of aryl methyl sites for hydroxylation is 3. The highest BCUT2D eigenvalue weighted by Crippen LogP contribution is 2.31. The van der Waals surface area contributed by atoms with Gasteiger partial charge in [0.25, 0.3) is 0 Å². The third kappa shape index (κ3) is 21.7. The van der Waals surface area contributed by atoms with Gasteiger partial charge in [0.15, 0.2) is 25.2 Å². The molecular weight excluding hydrogens is 1240 g/mol. The van der Waals surface area contributed by atoms with E-state index in [0.717, 1.165) is 0 Å². The molecule has 4 amide bonds. The number of hydrogen-bond acceptors (Lipinski definition) is 31. The molecule has 13 N–H and O–H groups in total. The van der Waals surface area contributed by atoms with Gasteiger partial charge in [-0.1, -0.05) is 20.8 Å². The van der Waals surface area contributed by atoms with Crippen molar-refractivity contribution in [1.82, 2.24) is 66.2 Å². The van der Waals surface area contributed by atoms with E-state index in [1.807, 2.05) is 0 Å². The van der Waals surface area contributed by atoms with Gasteiger partial charge in [-0.25, -0.2) is 0 Å². The molecule has 40 heteroatoms. The van der Waals surface area contributed by atoms with Crippen molar-refractivity contribution in [2.75, 3.05) is 59.4 Å². The van der Waals surface area contributed by atoms with E-state index < -0.39 is 166 Å². The highest BCUT2D eigenvalue weighted by molar-refractivity contribution is 5.74. The first-order valence-electron chi connectivity index (χ1n) is 30.3. The van der Waals surface area contributed by atoms with E-state index in [1.54, 1.807) is 18.6 Å². The van der Waals surface area contributed by atoms with E-state index in [9.17, 15) is 65.1 Å². The van der Waals surface area contributed by atoms with Crippen LogP contribution < -0.4 is 21.3 Å². The molecule has 0 radical (unpaired) electrons. The molecule has 40 nitrogen and oxygen atoms in total. The number of aromatic nitrogens is 9. The van der Waals surface area contributed by atoms with Crippen LogP contribution in [-0.4, -0.2) is 297 Å². The molecule has 93 heavy (non-hydrogen) atoms. The SMILES string of the molecule is CC(=O)N[C@H]1[C@@H](OCCCn2cc(COC[C@H]3O[C@@H](OCCCN=[N+]=[N-])[C@H](NC(C)=O)[C@@H](OCc4cn(CCCO[C@H]5O[C@H](CO)[C@H](O)[C@H](O)[C@H]5NC(C)=O)nn4)[C@@H]3OCc3cn(CCCO[C@H]4O[C@H](CO)[C@H](O)[C@H](O)[C@H]4NC(C)=O)nn3)nn2)O[C@H](CO)[C@H](O)[C@@H]1O. The van der Waals surface area contributed by atoms with Gasteiger partial charge >= 0.3 is 0 Å². The zero-order valence-electron chi connectivity index (χ0n) is 51.7. The fourth-order valence-electron chi connectivity index (χ4n) is 10.6. The predicted octanol–water partition coefficient (Wildman–Crippen LogP) is -6.85. The second-order valence-electron chi connectivity index (χ2n) is 22.4. The van der Waals surface area contributed by atoms with Crippen molar-refractivity contribution in [3.05, 3.63) is 46.1 Å². The largest absolute Gasteiger partial charge is 0.394 e. The summed E-state index contributed by atoms with van der Waals surface area (Å²) in [6.45, 7) is 3.36. The lowest BCUT2D eigenvalue weighted by Crippen LogP contribution is -2.66. The molecule has 522 valence electrons. The van der Waals surface area contributed by atoms with Gasteiger partial charge < -0.3 is 119 Å². The van der Waals surface area contributed by atoms with E-state index in [2.05, 4.69) is 62.2 Å². The topological polar surface area (TPSA) is 541 Å². The average molecular weight is 1330 g/mol. The first kappa shape index (κ1) is 74.2. The van der Waals surface area contributed by atoms with Crippen LogP contribution >= 0.6 is 0 Å². The number of azide groups is 1. The van der Waals surface area contributed by atoms with Crippen LogP contribution in [-0.2, 0) is 111 Å². The van der Waals surface area contributed by atoms with Crippen LogP contribution in [0.3, 0.4) is 0 Å². The minimum absolute atomic E-state index is 0.00683. The highest BCUT2D eigenvalue weighted by atomic mass is 16.7. The molecule has 7 rings (SSSR count). The summed E-state index contributed by atoms with van der Waals surface area (Å²) >= 11 is 0. The summed E-state index contributed by atoms with van der Waals surface area (Å²) in [5.41, 5.74) is 10.0. The van der Waals surface area contributed by atoms with Gasteiger partial charge in [0.1, 0.15) is 114 Å². The van der Waals surface area contributed by atoms with E-state index in [-0.39, 0.29) is 85.5 Å². The number of nitrogens with one attached hydrogen (secondary N) is 4. The number of hydrogen-bond donors (Lipinski definition) is 13.